The number of anilines is 2. The van der Waals surface area contributed by atoms with Crippen molar-refractivity contribution in [1.82, 2.24) is 0 Å². The van der Waals surface area contributed by atoms with E-state index in [2.05, 4.69) is 19.2 Å². The highest BCUT2D eigenvalue weighted by atomic mass is 16.2. The number of carbonyl (C=O) groups excluding carboxylic acids is 2. The van der Waals surface area contributed by atoms with E-state index in [1.807, 2.05) is 72.5 Å². The largest absolute Gasteiger partial charge is 0.322 e. The maximum Gasteiger partial charge on any atom is 0.258 e. The monoisotopic (exact) mass is 412 g/mol. The van der Waals surface area contributed by atoms with Gasteiger partial charge in [0.25, 0.3) is 11.8 Å². The van der Waals surface area contributed by atoms with Crippen LogP contribution < -0.4 is 10.2 Å². The first-order chi connectivity index (χ1) is 14.9. The highest BCUT2D eigenvalue weighted by molar-refractivity contribution is 6.08. The molecular weight excluding hydrogens is 384 g/mol. The quantitative estimate of drug-likeness (QED) is 0.574. The van der Waals surface area contributed by atoms with E-state index in [-0.39, 0.29) is 11.8 Å². The molecule has 3 aromatic rings. The fraction of sp³-hybridized carbons (Fsp3) is 0.259. The first-order valence-electron chi connectivity index (χ1n) is 10.8. The van der Waals surface area contributed by atoms with E-state index in [4.69, 9.17) is 0 Å². The van der Waals surface area contributed by atoms with Crippen LogP contribution in [0.5, 0.6) is 0 Å². The van der Waals surface area contributed by atoms with Crippen LogP contribution in [-0.4, -0.2) is 18.4 Å². The molecule has 0 atom stereocenters. The van der Waals surface area contributed by atoms with Crippen molar-refractivity contribution in [3.05, 3.63) is 94.5 Å². The van der Waals surface area contributed by atoms with E-state index in [1.54, 1.807) is 6.07 Å². The summed E-state index contributed by atoms with van der Waals surface area (Å²) < 4.78 is 0. The third-order valence-corrected chi connectivity index (χ3v) is 5.81. The van der Waals surface area contributed by atoms with Crippen molar-refractivity contribution in [3.8, 4) is 0 Å². The van der Waals surface area contributed by atoms with Crippen LogP contribution in [0.3, 0.4) is 0 Å². The van der Waals surface area contributed by atoms with E-state index in [0.29, 0.717) is 23.6 Å². The Kier molecular flexibility index (Phi) is 5.90. The van der Waals surface area contributed by atoms with Crippen LogP contribution in [0.4, 0.5) is 11.4 Å². The molecule has 0 spiro atoms. The van der Waals surface area contributed by atoms with Crippen LogP contribution >= 0.6 is 0 Å². The van der Waals surface area contributed by atoms with Crippen molar-refractivity contribution in [2.45, 2.75) is 39.5 Å². The summed E-state index contributed by atoms with van der Waals surface area (Å²) in [7, 11) is 0. The molecular formula is C27H28N2O2. The molecule has 1 heterocycles. The first-order valence-corrected chi connectivity index (χ1v) is 10.8. The average molecular weight is 413 g/mol. The molecule has 0 unspecified atom stereocenters. The second kappa shape index (κ2) is 8.76. The van der Waals surface area contributed by atoms with Crippen LogP contribution in [0.25, 0.3) is 0 Å². The Balaban J connectivity index is 1.54. The molecule has 2 amide bonds. The van der Waals surface area contributed by atoms with Gasteiger partial charge in [-0.3, -0.25) is 9.59 Å². The van der Waals surface area contributed by atoms with Crippen molar-refractivity contribution in [2.75, 3.05) is 16.8 Å². The molecule has 4 rings (SSSR count). The summed E-state index contributed by atoms with van der Waals surface area (Å²) in [4.78, 5) is 27.7. The Morgan fingerprint density at radius 3 is 2.42 bits per heavy atom. The zero-order chi connectivity index (χ0) is 22.0. The van der Waals surface area contributed by atoms with Gasteiger partial charge < -0.3 is 10.2 Å². The van der Waals surface area contributed by atoms with Gasteiger partial charge in [-0.1, -0.05) is 43.7 Å². The number of aryl methyl sites for hydroxylation is 2. The van der Waals surface area contributed by atoms with Crippen molar-refractivity contribution in [2.24, 2.45) is 0 Å². The lowest BCUT2D eigenvalue weighted by atomic mass is 9.97. The lowest BCUT2D eigenvalue weighted by Crippen LogP contribution is -2.35. The zero-order valence-corrected chi connectivity index (χ0v) is 18.3. The minimum absolute atomic E-state index is 0.00657. The van der Waals surface area contributed by atoms with Gasteiger partial charge in [0.1, 0.15) is 0 Å². The van der Waals surface area contributed by atoms with Gasteiger partial charge in [0, 0.05) is 29.0 Å². The molecule has 0 bridgehead atoms. The number of nitrogens with one attached hydrogen (secondary N) is 1. The minimum Gasteiger partial charge on any atom is -0.322 e. The Hall–Kier alpha value is -3.40. The summed E-state index contributed by atoms with van der Waals surface area (Å²) in [6, 6.07) is 21.3. The SMILES string of the molecule is Cc1cccc(C(=O)N2CCCc3cc(C(=O)Nc4ccc(C(C)C)cc4)ccc32)c1. The Morgan fingerprint density at radius 2 is 1.71 bits per heavy atom. The molecule has 1 N–H and O–H groups in total. The highest BCUT2D eigenvalue weighted by Crippen LogP contribution is 2.30. The molecule has 31 heavy (non-hydrogen) atoms. The molecule has 1 aliphatic rings. The van der Waals surface area contributed by atoms with Gasteiger partial charge in [-0.25, -0.2) is 0 Å². The van der Waals surface area contributed by atoms with Gasteiger partial charge in [0.2, 0.25) is 0 Å². The molecule has 158 valence electrons. The molecule has 3 aromatic carbocycles. The van der Waals surface area contributed by atoms with Crippen LogP contribution in [0.1, 0.15) is 63.6 Å². The van der Waals surface area contributed by atoms with Gasteiger partial charge in [-0.2, -0.15) is 0 Å². The number of fused-ring (bicyclic) bond motifs is 1. The molecule has 0 radical (unpaired) electrons. The lowest BCUT2D eigenvalue weighted by Gasteiger charge is -2.30. The fourth-order valence-electron chi connectivity index (χ4n) is 4.04. The first kappa shape index (κ1) is 20.9. The van der Waals surface area contributed by atoms with E-state index >= 15 is 0 Å². The molecule has 1 aliphatic heterocycles. The van der Waals surface area contributed by atoms with E-state index in [1.165, 1.54) is 5.56 Å². The number of carbonyl (C=O) groups is 2. The number of hydrogen-bond acceptors (Lipinski definition) is 2. The number of benzene rings is 3. The second-order valence-corrected chi connectivity index (χ2v) is 8.50. The summed E-state index contributed by atoms with van der Waals surface area (Å²) >= 11 is 0. The van der Waals surface area contributed by atoms with Crippen LogP contribution in [-0.2, 0) is 6.42 Å². The second-order valence-electron chi connectivity index (χ2n) is 8.50. The normalized spacial score (nSPS) is 13.1. The Bertz CT molecular complexity index is 1120. The summed E-state index contributed by atoms with van der Waals surface area (Å²) in [6.45, 7) is 6.97. The molecule has 0 saturated heterocycles. The summed E-state index contributed by atoms with van der Waals surface area (Å²) in [5.41, 5.74) is 6.33. The van der Waals surface area contributed by atoms with Crippen LogP contribution in [0.2, 0.25) is 0 Å². The van der Waals surface area contributed by atoms with Gasteiger partial charge in [-0.15, -0.1) is 0 Å². The lowest BCUT2D eigenvalue weighted by molar-refractivity contribution is 0.0984. The molecule has 0 aliphatic carbocycles. The minimum atomic E-state index is -0.137. The fourth-order valence-corrected chi connectivity index (χ4v) is 4.04. The van der Waals surface area contributed by atoms with E-state index in [0.717, 1.165) is 35.3 Å². The van der Waals surface area contributed by atoms with Crippen molar-refractivity contribution < 1.29 is 9.59 Å². The maximum atomic E-state index is 13.1. The summed E-state index contributed by atoms with van der Waals surface area (Å²) in [6.07, 6.45) is 1.74. The third kappa shape index (κ3) is 4.53. The van der Waals surface area contributed by atoms with Crippen molar-refractivity contribution in [3.63, 3.8) is 0 Å². The molecule has 0 fully saturated rings. The van der Waals surface area contributed by atoms with Gasteiger partial charge in [0.05, 0.1) is 0 Å². The third-order valence-electron chi connectivity index (χ3n) is 5.81. The van der Waals surface area contributed by atoms with Gasteiger partial charge in [0.15, 0.2) is 0 Å². The Morgan fingerprint density at radius 1 is 0.935 bits per heavy atom. The smallest absolute Gasteiger partial charge is 0.258 e. The summed E-state index contributed by atoms with van der Waals surface area (Å²) in [5, 5.41) is 2.98. The van der Waals surface area contributed by atoms with Gasteiger partial charge >= 0.3 is 0 Å². The topological polar surface area (TPSA) is 49.4 Å². The molecule has 4 heteroatoms. The van der Waals surface area contributed by atoms with Gasteiger partial charge in [-0.05, 0) is 79.3 Å². The van der Waals surface area contributed by atoms with Crippen molar-refractivity contribution in [1.29, 1.82) is 0 Å². The number of nitrogens with zero attached hydrogens (tertiary/aromatic N) is 1. The molecule has 4 nitrogen and oxygen atoms in total. The van der Waals surface area contributed by atoms with Crippen LogP contribution in [0.15, 0.2) is 66.7 Å². The zero-order valence-electron chi connectivity index (χ0n) is 18.3. The number of hydrogen-bond donors (Lipinski definition) is 1. The predicted octanol–water partition coefficient (Wildman–Crippen LogP) is 5.96. The standard InChI is InChI=1S/C27H28N2O2/c1-18(2)20-9-12-24(13-10-20)28-26(30)22-11-14-25-21(17-22)8-5-15-29(25)27(31)23-7-4-6-19(3)16-23/h4,6-7,9-14,16-18H,5,8,15H2,1-3H3,(H,28,30). The molecule has 0 aromatic heterocycles. The maximum absolute atomic E-state index is 13.1. The average Bonchev–Trinajstić information content (AvgIpc) is 2.78. The molecule has 0 saturated carbocycles. The Labute approximate surface area is 183 Å². The van der Waals surface area contributed by atoms with E-state index < -0.39 is 0 Å². The highest BCUT2D eigenvalue weighted by Gasteiger charge is 2.24. The van der Waals surface area contributed by atoms with Crippen LogP contribution in [0, 0.1) is 6.92 Å². The number of rotatable bonds is 4. The predicted molar refractivity (Wildman–Crippen MR) is 126 cm³/mol. The summed E-state index contributed by atoms with van der Waals surface area (Å²) in [5.74, 6) is 0.324. The number of amides is 2. The van der Waals surface area contributed by atoms with E-state index in [9.17, 15) is 9.59 Å². The van der Waals surface area contributed by atoms with Crippen molar-refractivity contribution >= 4 is 23.2 Å².